The molecule has 2 aromatic heterocycles. The Balaban J connectivity index is 2.17. The Kier molecular flexibility index (Phi) is 4.53. The molecule has 7 nitrogen and oxygen atoms in total. The highest BCUT2D eigenvalue weighted by molar-refractivity contribution is 7.89. The number of rotatable bonds is 6. The Morgan fingerprint density at radius 3 is 2.85 bits per heavy atom. The Morgan fingerprint density at radius 1 is 1.50 bits per heavy atom. The third kappa shape index (κ3) is 3.06. The minimum absolute atomic E-state index is 0.0833. The molecule has 110 valence electrons. The first-order valence-electron chi connectivity index (χ1n) is 6.04. The van der Waals surface area contributed by atoms with Gasteiger partial charge in [-0.15, -0.1) is 21.5 Å². The van der Waals surface area contributed by atoms with Gasteiger partial charge in [0.15, 0.2) is 0 Å². The summed E-state index contributed by atoms with van der Waals surface area (Å²) in [5.74, 6) is 0.561. The molecule has 0 atom stereocenters. The molecule has 20 heavy (non-hydrogen) atoms. The predicted molar refractivity (Wildman–Crippen MR) is 74.7 cm³/mol. The lowest BCUT2D eigenvalue weighted by Gasteiger charge is -2.06. The summed E-state index contributed by atoms with van der Waals surface area (Å²) < 4.78 is 28.7. The summed E-state index contributed by atoms with van der Waals surface area (Å²) in [5, 5.41) is 16.7. The van der Waals surface area contributed by atoms with Crippen LogP contribution in [0.15, 0.2) is 17.3 Å². The largest absolute Gasteiger partial charge is 0.391 e. The van der Waals surface area contributed by atoms with Crippen molar-refractivity contribution in [2.75, 3.05) is 0 Å². The Labute approximate surface area is 121 Å². The zero-order valence-electron chi connectivity index (χ0n) is 11.2. The second-order valence-electron chi connectivity index (χ2n) is 4.15. The van der Waals surface area contributed by atoms with Crippen molar-refractivity contribution in [2.24, 2.45) is 0 Å². The van der Waals surface area contributed by atoms with Crippen molar-refractivity contribution in [1.82, 2.24) is 19.5 Å². The van der Waals surface area contributed by atoms with E-state index in [1.54, 1.807) is 17.8 Å². The first-order chi connectivity index (χ1) is 9.47. The van der Waals surface area contributed by atoms with E-state index in [-0.39, 0.29) is 18.0 Å². The zero-order chi connectivity index (χ0) is 14.8. The van der Waals surface area contributed by atoms with Gasteiger partial charge in [-0.1, -0.05) is 0 Å². The third-order valence-electron chi connectivity index (χ3n) is 2.83. The highest BCUT2D eigenvalue weighted by atomic mass is 32.2. The molecule has 2 aromatic rings. The number of aryl methyl sites for hydroxylation is 2. The van der Waals surface area contributed by atoms with Crippen molar-refractivity contribution < 1.29 is 13.5 Å². The van der Waals surface area contributed by atoms with E-state index in [4.69, 9.17) is 5.11 Å². The Morgan fingerprint density at radius 2 is 2.25 bits per heavy atom. The summed E-state index contributed by atoms with van der Waals surface area (Å²) in [6.07, 6.45) is 1.56. The topological polar surface area (TPSA) is 97.1 Å². The Hall–Kier alpha value is -1.29. The maximum absolute atomic E-state index is 12.2. The molecular formula is C11H16N4O3S2. The molecule has 0 amide bonds. The van der Waals surface area contributed by atoms with Crippen LogP contribution in [0.3, 0.4) is 0 Å². The molecule has 0 saturated heterocycles. The minimum atomic E-state index is -3.61. The van der Waals surface area contributed by atoms with Crippen molar-refractivity contribution in [3.05, 3.63) is 28.0 Å². The van der Waals surface area contributed by atoms with Crippen molar-refractivity contribution in [3.8, 4) is 0 Å². The van der Waals surface area contributed by atoms with Crippen LogP contribution in [0, 0.1) is 6.92 Å². The van der Waals surface area contributed by atoms with Crippen LogP contribution in [-0.4, -0.2) is 28.3 Å². The van der Waals surface area contributed by atoms with Crippen LogP contribution in [-0.2, 0) is 29.7 Å². The van der Waals surface area contributed by atoms with Crippen molar-refractivity contribution in [3.63, 3.8) is 0 Å². The van der Waals surface area contributed by atoms with E-state index in [1.165, 1.54) is 17.4 Å². The van der Waals surface area contributed by atoms with E-state index in [1.807, 2.05) is 6.92 Å². The highest BCUT2D eigenvalue weighted by Crippen LogP contribution is 2.25. The van der Waals surface area contributed by atoms with E-state index in [9.17, 15) is 8.42 Å². The van der Waals surface area contributed by atoms with Crippen molar-refractivity contribution in [2.45, 2.75) is 38.4 Å². The van der Waals surface area contributed by atoms with Gasteiger partial charge >= 0.3 is 0 Å². The second kappa shape index (κ2) is 6.00. The van der Waals surface area contributed by atoms with Crippen molar-refractivity contribution in [1.29, 1.82) is 0 Å². The van der Waals surface area contributed by atoms with E-state index < -0.39 is 10.0 Å². The molecule has 0 bridgehead atoms. The number of nitrogens with zero attached hydrogens (tertiary/aromatic N) is 3. The Bertz CT molecular complexity index is 690. The molecule has 0 radical (unpaired) electrons. The lowest BCUT2D eigenvalue weighted by atomic mass is 10.4. The molecule has 0 aliphatic carbocycles. The molecule has 0 aliphatic rings. The molecule has 2 rings (SSSR count). The highest BCUT2D eigenvalue weighted by Gasteiger charge is 2.20. The first kappa shape index (κ1) is 15.1. The van der Waals surface area contributed by atoms with Crippen LogP contribution in [0.25, 0.3) is 0 Å². The van der Waals surface area contributed by atoms with Gasteiger partial charge in [0, 0.05) is 16.3 Å². The maximum Gasteiger partial charge on any atom is 0.242 e. The van der Waals surface area contributed by atoms with Gasteiger partial charge in [-0.2, -0.15) is 0 Å². The summed E-state index contributed by atoms with van der Waals surface area (Å²) in [4.78, 5) is 1.48. The molecule has 0 aliphatic heterocycles. The molecule has 9 heteroatoms. The smallest absolute Gasteiger partial charge is 0.242 e. The maximum atomic E-state index is 12.2. The number of aliphatic hydroxyl groups excluding tert-OH is 1. The number of aliphatic hydroxyl groups is 1. The van der Waals surface area contributed by atoms with E-state index in [2.05, 4.69) is 14.9 Å². The van der Waals surface area contributed by atoms with Gasteiger partial charge < -0.3 is 9.67 Å². The number of aromatic nitrogens is 3. The van der Waals surface area contributed by atoms with Crippen molar-refractivity contribution >= 4 is 21.4 Å². The monoisotopic (exact) mass is 316 g/mol. The molecular weight excluding hydrogens is 300 g/mol. The first-order valence-corrected chi connectivity index (χ1v) is 8.34. The van der Waals surface area contributed by atoms with E-state index in [0.29, 0.717) is 22.1 Å². The number of sulfonamides is 1. The normalized spacial score (nSPS) is 11.9. The van der Waals surface area contributed by atoms with Crippen LogP contribution >= 0.6 is 11.3 Å². The summed E-state index contributed by atoms with van der Waals surface area (Å²) in [6.45, 7) is 4.24. The number of hydrogen-bond acceptors (Lipinski definition) is 6. The fourth-order valence-corrected chi connectivity index (χ4v) is 4.26. The second-order valence-corrected chi connectivity index (χ2v) is 7.23. The molecule has 2 N–H and O–H groups in total. The van der Waals surface area contributed by atoms with Crippen LogP contribution in [0.2, 0.25) is 0 Å². The van der Waals surface area contributed by atoms with Gasteiger partial charge in [-0.05, 0) is 19.9 Å². The fourth-order valence-electron chi connectivity index (χ4n) is 1.79. The summed E-state index contributed by atoms with van der Waals surface area (Å²) in [5.41, 5.74) is 0. The summed E-state index contributed by atoms with van der Waals surface area (Å²) in [6, 6.07) is 1.49. The third-order valence-corrected chi connectivity index (χ3v) is 5.52. The van der Waals surface area contributed by atoms with Gasteiger partial charge in [0.1, 0.15) is 12.2 Å². The molecule has 0 spiro atoms. The SMILES string of the molecule is CCn1cnnc1CNS(=O)(=O)c1cc(CO)sc1C. The predicted octanol–water partition coefficient (Wildman–Crippen LogP) is 0.639. The van der Waals surface area contributed by atoms with Gasteiger partial charge in [0.25, 0.3) is 0 Å². The van der Waals surface area contributed by atoms with Crippen LogP contribution in [0.5, 0.6) is 0 Å². The van der Waals surface area contributed by atoms with Gasteiger partial charge in [0.2, 0.25) is 10.0 Å². The molecule has 0 saturated carbocycles. The quantitative estimate of drug-likeness (QED) is 0.815. The molecule has 2 heterocycles. The van der Waals surface area contributed by atoms with Gasteiger partial charge in [0.05, 0.1) is 18.0 Å². The molecule has 0 aromatic carbocycles. The standard InChI is InChI=1S/C11H16N4O3S2/c1-3-15-7-12-14-11(15)5-13-20(17,18)10-4-9(6-16)19-8(10)2/h4,7,13,16H,3,5-6H2,1-2H3. The zero-order valence-corrected chi connectivity index (χ0v) is 12.8. The summed E-state index contributed by atoms with van der Waals surface area (Å²) in [7, 11) is -3.61. The fraction of sp³-hybridized carbons (Fsp3) is 0.455. The van der Waals surface area contributed by atoms with Gasteiger partial charge in [-0.3, -0.25) is 0 Å². The average Bonchev–Trinajstić information content (AvgIpc) is 3.02. The summed E-state index contributed by atoms with van der Waals surface area (Å²) >= 11 is 1.27. The number of nitrogens with one attached hydrogen (secondary N) is 1. The number of thiophene rings is 1. The van der Waals surface area contributed by atoms with Crippen LogP contribution in [0.4, 0.5) is 0 Å². The molecule has 0 unspecified atom stereocenters. The van der Waals surface area contributed by atoms with Gasteiger partial charge in [-0.25, -0.2) is 13.1 Å². The van der Waals surface area contributed by atoms with Crippen LogP contribution in [0.1, 0.15) is 22.5 Å². The minimum Gasteiger partial charge on any atom is -0.391 e. The number of hydrogen-bond donors (Lipinski definition) is 2. The van der Waals surface area contributed by atoms with E-state index in [0.717, 1.165) is 0 Å². The lowest BCUT2D eigenvalue weighted by Crippen LogP contribution is -2.25. The van der Waals surface area contributed by atoms with Crippen LogP contribution < -0.4 is 4.72 Å². The average molecular weight is 316 g/mol. The van der Waals surface area contributed by atoms with E-state index >= 15 is 0 Å². The lowest BCUT2D eigenvalue weighted by molar-refractivity contribution is 0.285. The molecule has 0 fully saturated rings.